The highest BCUT2D eigenvalue weighted by Gasteiger charge is 2.46. The van der Waals surface area contributed by atoms with Gasteiger partial charge in [0.2, 0.25) is 0 Å². The Labute approximate surface area is 129 Å². The molecule has 0 amide bonds. The Hall–Kier alpha value is -0.820. The summed E-state index contributed by atoms with van der Waals surface area (Å²) < 4.78 is 0. The molecule has 0 spiro atoms. The minimum absolute atomic E-state index is 0.134. The topological polar surface area (TPSA) is 20.2 Å². The van der Waals surface area contributed by atoms with Gasteiger partial charge in [0.15, 0.2) is 0 Å². The zero-order valence-electron chi connectivity index (χ0n) is 13.9. The van der Waals surface area contributed by atoms with Crippen LogP contribution in [0.5, 0.6) is 0 Å². The molecule has 116 valence electrons. The second-order valence-electron chi connectivity index (χ2n) is 7.82. The molecule has 3 aliphatic carbocycles. The molecule has 3 rings (SSSR count). The highest BCUT2D eigenvalue weighted by Crippen LogP contribution is 2.55. The summed E-state index contributed by atoms with van der Waals surface area (Å²) >= 11 is 0. The zero-order chi connectivity index (χ0) is 15.0. The minimum Gasteiger partial charge on any atom is -0.393 e. The third kappa shape index (κ3) is 2.77. The number of aliphatic hydroxyl groups is 1. The van der Waals surface area contributed by atoms with Crippen molar-refractivity contribution < 1.29 is 5.11 Å². The molecule has 1 fully saturated rings. The molecule has 1 N–H and O–H groups in total. The van der Waals surface area contributed by atoms with Crippen LogP contribution < -0.4 is 0 Å². The number of allylic oxidation sites excluding steroid dienone is 5. The number of rotatable bonds is 2. The Bertz CT molecular complexity index is 496. The van der Waals surface area contributed by atoms with Crippen molar-refractivity contribution in [1.82, 2.24) is 0 Å². The number of hydrogen-bond acceptors (Lipinski definition) is 1. The lowest BCUT2D eigenvalue weighted by Crippen LogP contribution is -2.30. The maximum Gasteiger partial charge on any atom is 0.0583 e. The van der Waals surface area contributed by atoms with Gasteiger partial charge < -0.3 is 5.11 Å². The molecule has 0 aromatic rings. The molecule has 3 aliphatic rings. The van der Waals surface area contributed by atoms with E-state index < -0.39 is 0 Å². The molecule has 0 radical (unpaired) electrons. The van der Waals surface area contributed by atoms with Crippen molar-refractivity contribution in [2.75, 3.05) is 0 Å². The SMILES string of the molecule is CC1=C(C=CC2=CCC[C@@]3(C)C2CC[C@@H]3C)C[C@@H](O)CC1. The van der Waals surface area contributed by atoms with Gasteiger partial charge >= 0.3 is 0 Å². The second kappa shape index (κ2) is 5.76. The highest BCUT2D eigenvalue weighted by molar-refractivity contribution is 5.36. The fourth-order valence-electron chi connectivity index (χ4n) is 4.74. The van der Waals surface area contributed by atoms with Crippen LogP contribution >= 0.6 is 0 Å². The summed E-state index contributed by atoms with van der Waals surface area (Å²) in [5.41, 5.74) is 4.92. The Morgan fingerprint density at radius 3 is 2.86 bits per heavy atom. The molecule has 0 saturated heterocycles. The van der Waals surface area contributed by atoms with Gasteiger partial charge in [0.25, 0.3) is 0 Å². The fraction of sp³-hybridized carbons (Fsp3) is 0.700. The van der Waals surface area contributed by atoms with E-state index in [9.17, 15) is 5.11 Å². The molecule has 4 atom stereocenters. The van der Waals surface area contributed by atoms with Crippen molar-refractivity contribution in [3.63, 3.8) is 0 Å². The largest absolute Gasteiger partial charge is 0.393 e. The second-order valence-corrected chi connectivity index (χ2v) is 7.82. The molecule has 1 nitrogen and oxygen atoms in total. The van der Waals surface area contributed by atoms with Crippen LogP contribution in [0.2, 0.25) is 0 Å². The van der Waals surface area contributed by atoms with Crippen molar-refractivity contribution in [2.24, 2.45) is 17.3 Å². The summed E-state index contributed by atoms with van der Waals surface area (Å²) in [5.74, 6) is 1.61. The molecule has 1 heteroatoms. The predicted molar refractivity (Wildman–Crippen MR) is 89.0 cm³/mol. The molecule has 1 unspecified atom stereocenters. The van der Waals surface area contributed by atoms with E-state index in [4.69, 9.17) is 0 Å². The maximum atomic E-state index is 9.88. The molecule has 0 aromatic carbocycles. The van der Waals surface area contributed by atoms with Crippen molar-refractivity contribution in [2.45, 2.75) is 71.8 Å². The Morgan fingerprint density at radius 2 is 2.05 bits per heavy atom. The van der Waals surface area contributed by atoms with E-state index in [1.165, 1.54) is 36.8 Å². The summed E-state index contributed by atoms with van der Waals surface area (Å²) in [6, 6.07) is 0. The lowest BCUT2D eigenvalue weighted by molar-refractivity contribution is 0.159. The van der Waals surface area contributed by atoms with Gasteiger partial charge in [-0.05, 0) is 80.3 Å². The smallest absolute Gasteiger partial charge is 0.0583 e. The Kier molecular flexibility index (Phi) is 4.14. The molecule has 21 heavy (non-hydrogen) atoms. The van der Waals surface area contributed by atoms with E-state index >= 15 is 0 Å². The fourth-order valence-corrected chi connectivity index (χ4v) is 4.74. The van der Waals surface area contributed by atoms with E-state index in [1.54, 1.807) is 5.57 Å². The van der Waals surface area contributed by atoms with Crippen LogP contribution in [0.4, 0.5) is 0 Å². The number of hydrogen-bond donors (Lipinski definition) is 1. The van der Waals surface area contributed by atoms with Crippen LogP contribution in [-0.4, -0.2) is 11.2 Å². The van der Waals surface area contributed by atoms with Gasteiger partial charge in [-0.3, -0.25) is 0 Å². The van der Waals surface area contributed by atoms with Crippen LogP contribution in [0.15, 0.2) is 34.9 Å². The molecule has 0 aromatic heterocycles. The monoisotopic (exact) mass is 286 g/mol. The molecule has 0 heterocycles. The summed E-state index contributed by atoms with van der Waals surface area (Å²) in [6.45, 7) is 7.17. The molecule has 1 saturated carbocycles. The first-order chi connectivity index (χ1) is 10.0. The van der Waals surface area contributed by atoms with Gasteiger partial charge in [0, 0.05) is 0 Å². The summed E-state index contributed by atoms with van der Waals surface area (Å²) in [5, 5.41) is 9.88. The first-order valence-electron chi connectivity index (χ1n) is 8.75. The van der Waals surface area contributed by atoms with E-state index in [0.29, 0.717) is 5.41 Å². The third-order valence-electron chi connectivity index (χ3n) is 6.61. The first kappa shape index (κ1) is 15.1. The maximum absolute atomic E-state index is 9.88. The summed E-state index contributed by atoms with van der Waals surface area (Å²) in [6.07, 6.45) is 15.2. The summed E-state index contributed by atoms with van der Waals surface area (Å²) in [4.78, 5) is 0. The average molecular weight is 286 g/mol. The van der Waals surface area contributed by atoms with Gasteiger partial charge in [0.1, 0.15) is 0 Å². The zero-order valence-corrected chi connectivity index (χ0v) is 13.9. The molecular weight excluding hydrogens is 256 g/mol. The van der Waals surface area contributed by atoms with Crippen molar-refractivity contribution in [1.29, 1.82) is 0 Å². The lowest BCUT2D eigenvalue weighted by atomic mass is 9.65. The Morgan fingerprint density at radius 1 is 1.24 bits per heavy atom. The van der Waals surface area contributed by atoms with Crippen LogP contribution in [0.25, 0.3) is 0 Å². The van der Waals surface area contributed by atoms with Gasteiger partial charge in [-0.1, -0.05) is 37.6 Å². The average Bonchev–Trinajstić information content (AvgIpc) is 2.76. The Balaban J connectivity index is 1.79. The van der Waals surface area contributed by atoms with Crippen LogP contribution in [0.3, 0.4) is 0 Å². The van der Waals surface area contributed by atoms with Crippen LogP contribution in [-0.2, 0) is 0 Å². The van der Waals surface area contributed by atoms with E-state index in [-0.39, 0.29) is 6.10 Å². The van der Waals surface area contributed by atoms with Crippen molar-refractivity contribution in [3.05, 3.63) is 34.9 Å². The van der Waals surface area contributed by atoms with E-state index in [1.807, 2.05) is 0 Å². The summed E-state index contributed by atoms with van der Waals surface area (Å²) in [7, 11) is 0. The van der Waals surface area contributed by atoms with Gasteiger partial charge in [-0.25, -0.2) is 0 Å². The minimum atomic E-state index is -0.134. The molecule has 0 bridgehead atoms. The number of fused-ring (bicyclic) bond motifs is 1. The van der Waals surface area contributed by atoms with E-state index in [2.05, 4.69) is 39.0 Å². The van der Waals surface area contributed by atoms with Crippen LogP contribution in [0.1, 0.15) is 65.7 Å². The highest BCUT2D eigenvalue weighted by atomic mass is 16.3. The van der Waals surface area contributed by atoms with Gasteiger partial charge in [-0.2, -0.15) is 0 Å². The third-order valence-corrected chi connectivity index (χ3v) is 6.61. The van der Waals surface area contributed by atoms with Crippen LogP contribution in [0, 0.1) is 17.3 Å². The van der Waals surface area contributed by atoms with Gasteiger partial charge in [-0.15, -0.1) is 0 Å². The number of aliphatic hydroxyl groups excluding tert-OH is 1. The van der Waals surface area contributed by atoms with Crippen molar-refractivity contribution >= 4 is 0 Å². The van der Waals surface area contributed by atoms with Gasteiger partial charge in [0.05, 0.1) is 6.10 Å². The molecule has 0 aliphatic heterocycles. The standard InChI is InChI=1S/C20H30O/c1-14-6-10-18(21)13-17(14)9-8-16-5-4-12-20(3)15(2)7-11-19(16)20/h5,8-9,15,18-19,21H,4,6-7,10-13H2,1-3H3/t15-,18-,19?,20+/m0/s1. The predicted octanol–water partition coefficient (Wildman–Crippen LogP) is 5.18. The van der Waals surface area contributed by atoms with E-state index in [0.717, 1.165) is 31.1 Å². The molecular formula is C20H30O. The lowest BCUT2D eigenvalue weighted by Gasteiger charge is -2.39. The quantitative estimate of drug-likeness (QED) is 0.742. The first-order valence-corrected chi connectivity index (χ1v) is 8.75. The normalized spacial score (nSPS) is 40.6. The van der Waals surface area contributed by atoms with Crippen molar-refractivity contribution in [3.8, 4) is 0 Å².